The zero-order valence-electron chi connectivity index (χ0n) is 13.6. The number of aliphatic imine (C=N–C) groups is 1. The summed E-state index contributed by atoms with van der Waals surface area (Å²) >= 11 is 7.53. The molecule has 0 N–H and O–H groups in total. The molecular weight excluding hydrogens is 400 g/mol. The Kier molecular flexibility index (Phi) is 5.59. The minimum Gasteiger partial charge on any atom is -0.550 e. The molecule has 2 fully saturated rings. The Hall–Kier alpha value is -1.58. The van der Waals surface area contributed by atoms with Gasteiger partial charge in [-0.3, -0.25) is 4.79 Å². The highest BCUT2D eigenvalue weighted by atomic mass is 35.5. The van der Waals surface area contributed by atoms with Gasteiger partial charge in [-0.1, -0.05) is 35.5 Å². The molecule has 0 bridgehead atoms. The monoisotopic (exact) mass is 415 g/mol. The van der Waals surface area contributed by atoms with Crippen molar-refractivity contribution in [2.45, 2.75) is 30.6 Å². The third-order valence-electron chi connectivity index (χ3n) is 4.17. The number of para-hydroxylation sites is 1. The number of aliphatic carboxylic acids is 1. The molecule has 26 heavy (non-hydrogen) atoms. The molecular formula is C16H16ClN2O5S2-. The summed E-state index contributed by atoms with van der Waals surface area (Å²) in [6, 6.07) is 6.66. The number of halogens is 1. The second-order valence-electron chi connectivity index (χ2n) is 6.14. The van der Waals surface area contributed by atoms with Gasteiger partial charge in [0, 0.05) is 17.6 Å². The van der Waals surface area contributed by atoms with Crippen LogP contribution in [0.2, 0.25) is 5.02 Å². The lowest BCUT2D eigenvalue weighted by Gasteiger charge is -2.25. The van der Waals surface area contributed by atoms with E-state index in [2.05, 4.69) is 4.99 Å². The molecule has 2 aliphatic rings. The molecule has 1 aromatic rings. The van der Waals surface area contributed by atoms with E-state index in [0.717, 1.165) is 0 Å². The number of benzene rings is 1. The molecule has 0 radical (unpaired) electrons. The smallest absolute Gasteiger partial charge is 0.248 e. The zero-order chi connectivity index (χ0) is 18.9. The van der Waals surface area contributed by atoms with Gasteiger partial charge in [-0.2, -0.15) is 4.99 Å². The number of hydrogen-bond donors (Lipinski definition) is 0. The number of carboxylic acid groups (broad SMARTS) is 1. The van der Waals surface area contributed by atoms with E-state index in [1.165, 1.54) is 11.8 Å². The van der Waals surface area contributed by atoms with E-state index in [-0.39, 0.29) is 42.1 Å². The summed E-state index contributed by atoms with van der Waals surface area (Å²) in [6.07, 6.45) is -0.0700. The Labute approximate surface area is 160 Å². The second-order valence-corrected chi connectivity index (χ2v) is 9.90. The topological polar surface area (TPSA) is 107 Å². The van der Waals surface area contributed by atoms with Crippen molar-refractivity contribution in [3.63, 3.8) is 0 Å². The van der Waals surface area contributed by atoms with Crippen molar-refractivity contribution in [3.8, 4) is 0 Å². The van der Waals surface area contributed by atoms with Crippen molar-refractivity contribution in [1.29, 1.82) is 0 Å². The highest BCUT2D eigenvalue weighted by molar-refractivity contribution is 8.16. The Morgan fingerprint density at radius 1 is 1.27 bits per heavy atom. The average molecular weight is 416 g/mol. The van der Waals surface area contributed by atoms with Crippen LogP contribution in [-0.2, 0) is 19.4 Å². The molecule has 10 heteroatoms. The maximum absolute atomic E-state index is 12.1. The van der Waals surface area contributed by atoms with Crippen molar-refractivity contribution in [2.24, 2.45) is 4.99 Å². The Morgan fingerprint density at radius 2 is 2.00 bits per heavy atom. The molecule has 1 amide bonds. The van der Waals surface area contributed by atoms with Gasteiger partial charge in [0.25, 0.3) is 0 Å². The highest BCUT2D eigenvalue weighted by Gasteiger charge is 2.49. The molecule has 2 aliphatic heterocycles. The van der Waals surface area contributed by atoms with Gasteiger partial charge in [0.1, 0.15) is 0 Å². The molecule has 0 unspecified atom stereocenters. The summed E-state index contributed by atoms with van der Waals surface area (Å²) in [5.41, 5.74) is 0.604. The summed E-state index contributed by atoms with van der Waals surface area (Å²) in [5.74, 6) is -1.65. The highest BCUT2D eigenvalue weighted by Crippen LogP contribution is 2.42. The summed E-state index contributed by atoms with van der Waals surface area (Å²) in [7, 11) is -3.15. The number of carbonyl (C=O) groups excluding carboxylic acids is 2. The minimum atomic E-state index is -3.15. The van der Waals surface area contributed by atoms with Crippen LogP contribution < -0.4 is 10.0 Å². The van der Waals surface area contributed by atoms with Gasteiger partial charge in [0.05, 0.1) is 28.3 Å². The van der Waals surface area contributed by atoms with Crippen LogP contribution in [-0.4, -0.2) is 48.3 Å². The number of amides is 1. The van der Waals surface area contributed by atoms with E-state index < -0.39 is 21.7 Å². The maximum atomic E-state index is 12.1. The van der Waals surface area contributed by atoms with Gasteiger partial charge in [-0.15, -0.1) is 0 Å². The number of anilines is 1. The summed E-state index contributed by atoms with van der Waals surface area (Å²) in [4.78, 5) is 28.4. The van der Waals surface area contributed by atoms with Crippen molar-refractivity contribution in [1.82, 2.24) is 0 Å². The van der Waals surface area contributed by atoms with E-state index in [9.17, 15) is 23.1 Å². The molecule has 0 spiro atoms. The Bertz CT molecular complexity index is 871. The molecule has 0 saturated carbocycles. The van der Waals surface area contributed by atoms with Gasteiger partial charge in [0.15, 0.2) is 15.0 Å². The maximum Gasteiger partial charge on any atom is 0.248 e. The lowest BCUT2D eigenvalue weighted by Crippen LogP contribution is -2.37. The van der Waals surface area contributed by atoms with Crippen LogP contribution in [0.25, 0.3) is 0 Å². The number of nitrogens with zero attached hydrogens (tertiary/aromatic N) is 2. The Balaban J connectivity index is 1.87. The fourth-order valence-electron chi connectivity index (χ4n) is 3.04. The van der Waals surface area contributed by atoms with Crippen molar-refractivity contribution in [3.05, 3.63) is 29.3 Å². The standard InChI is InChI=1S/C16H17ClN2O5S2/c17-10-4-1-2-5-11(10)19-12-8-26(23,24)9-13(12)25-16(19)18-14(20)6-3-7-15(21)22/h1-2,4-5,12-13H,3,6-9H2,(H,21,22)/p-1/t12-,13-/m1/s1. The van der Waals surface area contributed by atoms with Gasteiger partial charge >= 0.3 is 0 Å². The number of carbonyl (C=O) groups is 2. The average Bonchev–Trinajstić information content (AvgIpc) is 2.98. The van der Waals surface area contributed by atoms with E-state index in [1.54, 1.807) is 29.2 Å². The van der Waals surface area contributed by atoms with Crippen molar-refractivity contribution >= 4 is 55.9 Å². The van der Waals surface area contributed by atoms with Crippen LogP contribution >= 0.6 is 23.4 Å². The zero-order valence-corrected chi connectivity index (χ0v) is 16.0. The molecule has 2 saturated heterocycles. The van der Waals surface area contributed by atoms with Gasteiger partial charge < -0.3 is 14.8 Å². The summed E-state index contributed by atoms with van der Waals surface area (Å²) < 4.78 is 24.0. The first-order valence-electron chi connectivity index (χ1n) is 7.99. The number of fused-ring (bicyclic) bond motifs is 1. The lowest BCUT2D eigenvalue weighted by atomic mass is 10.2. The molecule has 2 atom stereocenters. The fourth-order valence-corrected chi connectivity index (χ4v) is 7.19. The quantitative estimate of drug-likeness (QED) is 0.701. The normalized spacial score (nSPS) is 25.4. The number of sulfone groups is 1. The van der Waals surface area contributed by atoms with Crippen molar-refractivity contribution < 1.29 is 23.1 Å². The van der Waals surface area contributed by atoms with E-state index >= 15 is 0 Å². The first-order chi connectivity index (χ1) is 12.3. The van der Waals surface area contributed by atoms with Crippen LogP contribution in [0.1, 0.15) is 19.3 Å². The first kappa shape index (κ1) is 19.2. The molecule has 0 aromatic heterocycles. The minimum absolute atomic E-state index is 0.0119. The van der Waals surface area contributed by atoms with Gasteiger partial charge in [-0.05, 0) is 25.0 Å². The first-order valence-corrected chi connectivity index (χ1v) is 11.1. The molecule has 0 aliphatic carbocycles. The van der Waals surface area contributed by atoms with Crippen LogP contribution in [0.4, 0.5) is 5.69 Å². The van der Waals surface area contributed by atoms with Gasteiger partial charge in [-0.25, -0.2) is 8.42 Å². The Morgan fingerprint density at radius 3 is 2.69 bits per heavy atom. The fraction of sp³-hybridized carbons (Fsp3) is 0.438. The third kappa shape index (κ3) is 4.21. The van der Waals surface area contributed by atoms with E-state index in [4.69, 9.17) is 11.6 Å². The number of hydrogen-bond acceptors (Lipinski definition) is 6. The molecule has 1 aromatic carbocycles. The van der Waals surface area contributed by atoms with Crippen LogP contribution in [0.5, 0.6) is 0 Å². The number of thioether (sulfide) groups is 1. The number of carboxylic acids is 1. The van der Waals surface area contributed by atoms with Crippen LogP contribution in [0.3, 0.4) is 0 Å². The third-order valence-corrected chi connectivity index (χ3v) is 7.70. The van der Waals surface area contributed by atoms with E-state index in [1.807, 2.05) is 0 Å². The summed E-state index contributed by atoms with van der Waals surface area (Å²) in [6.45, 7) is 0. The molecule has 7 nitrogen and oxygen atoms in total. The van der Waals surface area contributed by atoms with Crippen LogP contribution in [0, 0.1) is 0 Å². The van der Waals surface area contributed by atoms with Crippen LogP contribution in [0.15, 0.2) is 29.3 Å². The molecule has 140 valence electrons. The largest absolute Gasteiger partial charge is 0.550 e. The number of rotatable bonds is 5. The molecule has 2 heterocycles. The molecule has 3 rings (SSSR count). The lowest BCUT2D eigenvalue weighted by molar-refractivity contribution is -0.305. The van der Waals surface area contributed by atoms with Crippen molar-refractivity contribution in [2.75, 3.05) is 16.4 Å². The predicted molar refractivity (Wildman–Crippen MR) is 99.1 cm³/mol. The second kappa shape index (κ2) is 7.58. The SMILES string of the molecule is O=C([O-])CCCC(=O)N=C1S[C@@H]2CS(=O)(=O)C[C@H]2N1c1ccccc1Cl. The van der Waals surface area contributed by atoms with Gasteiger partial charge in [0.2, 0.25) is 5.91 Å². The number of amidine groups is 1. The summed E-state index contributed by atoms with van der Waals surface area (Å²) in [5, 5.41) is 11.1. The predicted octanol–water partition coefficient (Wildman–Crippen LogP) is 0.862. The van der Waals surface area contributed by atoms with E-state index in [0.29, 0.717) is 15.9 Å².